The fourth-order valence-corrected chi connectivity index (χ4v) is 3.29. The lowest BCUT2D eigenvalue weighted by atomic mass is 9.96. The van der Waals surface area contributed by atoms with Crippen LogP contribution in [0.25, 0.3) is 0 Å². The largest absolute Gasteiger partial charge is 0.338 e. The van der Waals surface area contributed by atoms with Gasteiger partial charge < -0.3 is 4.57 Å². The van der Waals surface area contributed by atoms with Crippen molar-refractivity contribution < 1.29 is 8.42 Å². The van der Waals surface area contributed by atoms with Crippen LogP contribution in [0.15, 0.2) is 12.4 Å². The molecule has 0 radical (unpaired) electrons. The maximum absolute atomic E-state index is 11.5. The second kappa shape index (κ2) is 4.78. The zero-order chi connectivity index (χ0) is 12.5. The van der Waals surface area contributed by atoms with Crippen LogP contribution in [0.4, 0.5) is 0 Å². The molecule has 0 unspecified atom stereocenters. The molecule has 0 aromatic carbocycles. The van der Waals surface area contributed by atoms with Crippen molar-refractivity contribution in [1.82, 2.24) is 13.9 Å². The van der Waals surface area contributed by atoms with Gasteiger partial charge in [-0.15, -0.1) is 0 Å². The highest BCUT2D eigenvalue weighted by molar-refractivity contribution is 7.88. The fourth-order valence-electron chi connectivity index (χ4n) is 2.35. The number of imidazole rings is 1. The summed E-state index contributed by atoms with van der Waals surface area (Å²) in [5.41, 5.74) is 0. The Labute approximate surface area is 103 Å². The molecule has 96 valence electrons. The number of rotatable bonds is 3. The van der Waals surface area contributed by atoms with Gasteiger partial charge >= 0.3 is 0 Å². The zero-order valence-corrected chi connectivity index (χ0v) is 11.2. The van der Waals surface area contributed by atoms with E-state index < -0.39 is 10.0 Å². The van der Waals surface area contributed by atoms with E-state index in [0.29, 0.717) is 19.0 Å². The molecule has 0 spiro atoms. The fraction of sp³-hybridized carbons (Fsp3) is 0.727. The van der Waals surface area contributed by atoms with Crippen LogP contribution < -0.4 is 0 Å². The first-order valence-corrected chi connectivity index (χ1v) is 7.73. The van der Waals surface area contributed by atoms with Crippen molar-refractivity contribution in [3.05, 3.63) is 18.2 Å². The van der Waals surface area contributed by atoms with Gasteiger partial charge in [-0.25, -0.2) is 17.7 Å². The monoisotopic (exact) mass is 257 g/mol. The highest BCUT2D eigenvalue weighted by atomic mass is 32.2. The molecule has 1 fully saturated rings. The van der Waals surface area contributed by atoms with Gasteiger partial charge in [0, 0.05) is 39.0 Å². The number of hydrogen-bond acceptors (Lipinski definition) is 3. The first-order chi connectivity index (χ1) is 7.97. The molecule has 1 saturated heterocycles. The van der Waals surface area contributed by atoms with E-state index in [4.69, 9.17) is 0 Å². The van der Waals surface area contributed by atoms with Gasteiger partial charge in [0.1, 0.15) is 5.82 Å². The standard InChI is InChI=1S/C11H19N3O2S/c1-13-7-5-12-11(13)8-10-4-3-6-14(9-10)17(2,15)16/h5,7,10H,3-4,6,8-9H2,1-2H3/t10-/m0/s1. The van der Waals surface area contributed by atoms with Gasteiger partial charge in [0.2, 0.25) is 10.0 Å². The predicted molar refractivity (Wildman–Crippen MR) is 66.1 cm³/mol. The smallest absolute Gasteiger partial charge is 0.211 e. The lowest BCUT2D eigenvalue weighted by molar-refractivity contribution is 0.263. The third-order valence-electron chi connectivity index (χ3n) is 3.34. The minimum atomic E-state index is -3.04. The Bertz CT molecular complexity index is 481. The molecule has 1 aliphatic heterocycles. The Morgan fingerprint density at radius 1 is 1.53 bits per heavy atom. The lowest BCUT2D eigenvalue weighted by Crippen LogP contribution is -2.40. The van der Waals surface area contributed by atoms with Crippen molar-refractivity contribution in [1.29, 1.82) is 0 Å². The third-order valence-corrected chi connectivity index (χ3v) is 4.61. The number of hydrogen-bond donors (Lipinski definition) is 0. The highest BCUT2D eigenvalue weighted by Crippen LogP contribution is 2.21. The Morgan fingerprint density at radius 2 is 2.29 bits per heavy atom. The minimum absolute atomic E-state index is 0.388. The van der Waals surface area contributed by atoms with E-state index >= 15 is 0 Å². The molecule has 0 amide bonds. The van der Waals surface area contributed by atoms with Gasteiger partial charge in [-0.1, -0.05) is 0 Å². The van der Waals surface area contributed by atoms with Crippen LogP contribution in [0.3, 0.4) is 0 Å². The van der Waals surface area contributed by atoms with E-state index in [2.05, 4.69) is 4.98 Å². The molecule has 5 nitrogen and oxygen atoms in total. The van der Waals surface area contributed by atoms with E-state index in [1.54, 1.807) is 10.5 Å². The summed E-state index contributed by atoms with van der Waals surface area (Å²) >= 11 is 0. The van der Waals surface area contributed by atoms with Crippen LogP contribution >= 0.6 is 0 Å². The quantitative estimate of drug-likeness (QED) is 0.798. The topological polar surface area (TPSA) is 55.2 Å². The van der Waals surface area contributed by atoms with E-state index in [-0.39, 0.29) is 0 Å². The SMILES string of the molecule is Cn1ccnc1C[C@@H]1CCCN(S(C)(=O)=O)C1. The van der Waals surface area contributed by atoms with Gasteiger partial charge in [-0.2, -0.15) is 0 Å². The third kappa shape index (κ3) is 3.07. The van der Waals surface area contributed by atoms with Crippen LogP contribution in [0, 0.1) is 5.92 Å². The van der Waals surface area contributed by atoms with Crippen molar-refractivity contribution in [2.45, 2.75) is 19.3 Å². The summed E-state index contributed by atoms with van der Waals surface area (Å²) in [4.78, 5) is 4.29. The lowest BCUT2D eigenvalue weighted by Gasteiger charge is -2.30. The Hall–Kier alpha value is -0.880. The molecule has 2 heterocycles. The molecule has 0 aliphatic carbocycles. The van der Waals surface area contributed by atoms with Crippen molar-refractivity contribution in [2.75, 3.05) is 19.3 Å². The molecular formula is C11H19N3O2S. The highest BCUT2D eigenvalue weighted by Gasteiger charge is 2.26. The molecular weight excluding hydrogens is 238 g/mol. The molecule has 1 atom stereocenters. The van der Waals surface area contributed by atoms with E-state index in [0.717, 1.165) is 25.1 Å². The van der Waals surface area contributed by atoms with Gasteiger partial charge in [-0.3, -0.25) is 0 Å². The summed E-state index contributed by atoms with van der Waals surface area (Å²) in [5, 5.41) is 0. The predicted octanol–water partition coefficient (Wildman–Crippen LogP) is 0.634. The molecule has 0 N–H and O–H groups in total. The van der Waals surface area contributed by atoms with Crippen molar-refractivity contribution >= 4 is 10.0 Å². The molecule has 0 saturated carbocycles. The molecule has 17 heavy (non-hydrogen) atoms. The summed E-state index contributed by atoms with van der Waals surface area (Å²) < 4.78 is 26.6. The van der Waals surface area contributed by atoms with Gasteiger partial charge in [0.15, 0.2) is 0 Å². The number of sulfonamides is 1. The minimum Gasteiger partial charge on any atom is -0.338 e. The first-order valence-electron chi connectivity index (χ1n) is 5.88. The maximum atomic E-state index is 11.5. The van der Waals surface area contributed by atoms with Crippen molar-refractivity contribution in [3.63, 3.8) is 0 Å². The van der Waals surface area contributed by atoms with Crippen LogP contribution in [0.5, 0.6) is 0 Å². The molecule has 6 heteroatoms. The van der Waals surface area contributed by atoms with Gasteiger partial charge in [0.25, 0.3) is 0 Å². The zero-order valence-electron chi connectivity index (χ0n) is 10.3. The Morgan fingerprint density at radius 3 is 2.88 bits per heavy atom. The summed E-state index contributed by atoms with van der Waals surface area (Å²) in [7, 11) is -1.07. The summed E-state index contributed by atoms with van der Waals surface area (Å²) in [6.45, 7) is 1.29. The van der Waals surface area contributed by atoms with Gasteiger partial charge in [-0.05, 0) is 18.8 Å². The second-order valence-electron chi connectivity index (χ2n) is 4.79. The van der Waals surface area contributed by atoms with E-state index in [1.165, 1.54) is 6.26 Å². The van der Waals surface area contributed by atoms with E-state index in [1.807, 2.05) is 17.8 Å². The van der Waals surface area contributed by atoms with Crippen LogP contribution in [-0.2, 0) is 23.5 Å². The maximum Gasteiger partial charge on any atom is 0.211 e. The van der Waals surface area contributed by atoms with Gasteiger partial charge in [0.05, 0.1) is 6.26 Å². The molecule has 0 bridgehead atoms. The van der Waals surface area contributed by atoms with Crippen molar-refractivity contribution in [2.24, 2.45) is 13.0 Å². The number of aromatic nitrogens is 2. The number of aryl methyl sites for hydroxylation is 1. The number of piperidine rings is 1. The molecule has 2 rings (SSSR count). The Kier molecular flexibility index (Phi) is 3.53. The van der Waals surface area contributed by atoms with E-state index in [9.17, 15) is 8.42 Å². The summed E-state index contributed by atoms with van der Waals surface area (Å²) in [6.07, 6.45) is 7.88. The molecule has 1 aromatic heterocycles. The average Bonchev–Trinajstić information content (AvgIpc) is 2.64. The second-order valence-corrected chi connectivity index (χ2v) is 6.77. The Balaban J connectivity index is 2.01. The molecule has 1 aliphatic rings. The summed E-state index contributed by atoms with van der Waals surface area (Å²) in [6, 6.07) is 0. The average molecular weight is 257 g/mol. The normalized spacial score (nSPS) is 22.8. The van der Waals surface area contributed by atoms with Crippen LogP contribution in [0.1, 0.15) is 18.7 Å². The van der Waals surface area contributed by atoms with Crippen molar-refractivity contribution in [3.8, 4) is 0 Å². The summed E-state index contributed by atoms with van der Waals surface area (Å²) in [5.74, 6) is 1.42. The van der Waals surface area contributed by atoms with Crippen LogP contribution in [-0.4, -0.2) is 41.6 Å². The van der Waals surface area contributed by atoms with Crippen LogP contribution in [0.2, 0.25) is 0 Å². The first kappa shape index (κ1) is 12.6. The molecule has 1 aromatic rings. The number of nitrogens with zero attached hydrogens (tertiary/aromatic N) is 3.